The number of nitrogens with one attached hydrogen (secondary N) is 2. The number of hydrogen-bond acceptors (Lipinski definition) is 7. The molecule has 37 heavy (non-hydrogen) atoms. The molecule has 0 amide bonds. The van der Waals surface area contributed by atoms with Gasteiger partial charge in [-0.2, -0.15) is 17.6 Å². The minimum atomic E-state index is 0.228. The van der Waals surface area contributed by atoms with Gasteiger partial charge in [0.25, 0.3) is 0 Å². The van der Waals surface area contributed by atoms with Crippen LogP contribution in [0.1, 0.15) is 81.9 Å². The van der Waals surface area contributed by atoms with Crippen LogP contribution in [0.15, 0.2) is 55.2 Å². The van der Waals surface area contributed by atoms with Gasteiger partial charge in [0.05, 0.1) is 6.04 Å². The van der Waals surface area contributed by atoms with E-state index >= 15 is 0 Å². The van der Waals surface area contributed by atoms with Crippen LogP contribution in [0.2, 0.25) is 0 Å². The standard InChI is InChI=1S/C30H42N6S/c1-4-23(16-17-37)35-30-33-19-32-29(36-30)25-14-13-24-26(28(25)31)18-20(2)12-15-27(24)34-21(3)22-10-8-6-5-7-9-11-22/h4,13-14,16,19-20,22,27,34,37H,1,3,5-12,15,17-18,31H2,2H3,(H,32,33,35,36)/b23-16+. The molecule has 2 aromatic rings. The fourth-order valence-electron chi connectivity index (χ4n) is 5.68. The number of thiol groups is 1. The molecule has 2 aliphatic carbocycles. The zero-order chi connectivity index (χ0) is 26.2. The lowest BCUT2D eigenvalue weighted by Gasteiger charge is -2.28. The molecule has 0 radical (unpaired) electrons. The Morgan fingerprint density at radius 2 is 1.86 bits per heavy atom. The Hall–Kier alpha value is -2.80. The Morgan fingerprint density at radius 3 is 2.59 bits per heavy atom. The van der Waals surface area contributed by atoms with Gasteiger partial charge in [-0.3, -0.25) is 0 Å². The topological polar surface area (TPSA) is 88.8 Å². The van der Waals surface area contributed by atoms with Crippen LogP contribution < -0.4 is 16.4 Å². The highest BCUT2D eigenvalue weighted by Crippen LogP contribution is 2.39. The van der Waals surface area contributed by atoms with E-state index in [0.717, 1.165) is 36.2 Å². The predicted molar refractivity (Wildman–Crippen MR) is 158 cm³/mol. The number of rotatable bonds is 8. The third kappa shape index (κ3) is 6.95. The molecule has 1 aromatic heterocycles. The average molecular weight is 519 g/mol. The van der Waals surface area contributed by atoms with Crippen molar-refractivity contribution in [2.45, 2.75) is 77.2 Å². The van der Waals surface area contributed by atoms with Crippen LogP contribution in [0.5, 0.6) is 0 Å². The van der Waals surface area contributed by atoms with E-state index in [9.17, 15) is 0 Å². The van der Waals surface area contributed by atoms with Gasteiger partial charge in [-0.1, -0.05) is 64.3 Å². The molecule has 6 nitrogen and oxygen atoms in total. The van der Waals surface area contributed by atoms with Crippen LogP contribution >= 0.6 is 12.6 Å². The van der Waals surface area contributed by atoms with Gasteiger partial charge in [0, 0.05) is 28.4 Å². The van der Waals surface area contributed by atoms with Crippen molar-refractivity contribution >= 4 is 24.3 Å². The summed E-state index contributed by atoms with van der Waals surface area (Å²) in [5.41, 5.74) is 13.0. The molecule has 0 saturated heterocycles. The van der Waals surface area contributed by atoms with E-state index in [1.165, 1.54) is 68.1 Å². The van der Waals surface area contributed by atoms with E-state index in [1.54, 1.807) is 6.08 Å². The van der Waals surface area contributed by atoms with E-state index < -0.39 is 0 Å². The smallest absolute Gasteiger partial charge is 0.230 e. The second-order valence-corrected chi connectivity index (χ2v) is 10.9. The number of benzene rings is 1. The van der Waals surface area contributed by atoms with Crippen molar-refractivity contribution in [2.75, 3.05) is 16.8 Å². The number of nitrogen functional groups attached to an aromatic ring is 1. The molecule has 2 atom stereocenters. The predicted octanol–water partition coefficient (Wildman–Crippen LogP) is 7.01. The zero-order valence-electron chi connectivity index (χ0n) is 22.2. The molecular weight excluding hydrogens is 476 g/mol. The summed E-state index contributed by atoms with van der Waals surface area (Å²) in [5, 5.41) is 7.04. The van der Waals surface area contributed by atoms with Gasteiger partial charge in [0.1, 0.15) is 6.33 Å². The summed E-state index contributed by atoms with van der Waals surface area (Å²) in [5.74, 6) is 2.72. The molecule has 0 aliphatic heterocycles. The Balaban J connectivity index is 1.60. The molecule has 2 aliphatic rings. The molecule has 1 saturated carbocycles. The first-order valence-corrected chi connectivity index (χ1v) is 14.4. The molecule has 7 heteroatoms. The fourth-order valence-corrected chi connectivity index (χ4v) is 5.88. The Morgan fingerprint density at radius 1 is 1.11 bits per heavy atom. The normalized spacial score (nSPS) is 21.2. The summed E-state index contributed by atoms with van der Waals surface area (Å²) >= 11 is 4.26. The summed E-state index contributed by atoms with van der Waals surface area (Å²) in [6.07, 6.45) is 17.5. The number of anilines is 2. The van der Waals surface area contributed by atoms with Crippen molar-refractivity contribution in [1.82, 2.24) is 20.3 Å². The number of nitrogens with zero attached hydrogens (tertiary/aromatic N) is 3. The third-order valence-corrected chi connectivity index (χ3v) is 8.01. The summed E-state index contributed by atoms with van der Waals surface area (Å²) in [4.78, 5) is 13.4. The Kier molecular flexibility index (Phi) is 9.67. The maximum absolute atomic E-state index is 6.86. The number of fused-ring (bicyclic) bond motifs is 1. The largest absolute Gasteiger partial charge is 0.398 e. The molecule has 1 aromatic carbocycles. The third-order valence-electron chi connectivity index (χ3n) is 7.83. The highest BCUT2D eigenvalue weighted by Gasteiger charge is 2.27. The monoisotopic (exact) mass is 518 g/mol. The lowest BCUT2D eigenvalue weighted by atomic mass is 9.88. The van der Waals surface area contributed by atoms with Crippen molar-refractivity contribution < 1.29 is 0 Å². The SMILES string of the molecule is C=C/C(=C\CS)Nc1ncnc(-c2ccc3c(c2N)CC(C)CCC3NC(=C)C2CCCCCCC2)n1. The minimum Gasteiger partial charge on any atom is -0.398 e. The van der Waals surface area contributed by atoms with Gasteiger partial charge in [0.15, 0.2) is 5.82 Å². The molecule has 4 N–H and O–H groups in total. The maximum Gasteiger partial charge on any atom is 0.230 e. The van der Waals surface area contributed by atoms with Gasteiger partial charge in [-0.25, -0.2) is 9.97 Å². The van der Waals surface area contributed by atoms with Gasteiger partial charge in [-0.05, 0) is 67.2 Å². The first-order valence-electron chi connectivity index (χ1n) is 13.8. The van der Waals surface area contributed by atoms with Gasteiger partial charge in [0.2, 0.25) is 5.95 Å². The first kappa shape index (κ1) is 27.2. The van der Waals surface area contributed by atoms with Gasteiger partial charge in [-0.15, -0.1) is 0 Å². The van der Waals surface area contributed by atoms with Crippen molar-refractivity contribution in [2.24, 2.45) is 11.8 Å². The summed E-state index contributed by atoms with van der Waals surface area (Å²) in [7, 11) is 0. The lowest BCUT2D eigenvalue weighted by molar-refractivity contribution is 0.384. The molecule has 1 heterocycles. The number of aromatic nitrogens is 3. The number of hydrogen-bond donors (Lipinski definition) is 4. The van der Waals surface area contributed by atoms with Crippen molar-refractivity contribution in [3.63, 3.8) is 0 Å². The summed E-state index contributed by atoms with van der Waals surface area (Å²) in [6.45, 7) is 10.7. The first-order chi connectivity index (χ1) is 18.0. The van der Waals surface area contributed by atoms with E-state index in [4.69, 9.17) is 5.73 Å². The van der Waals surface area contributed by atoms with Crippen LogP contribution in [0, 0.1) is 11.8 Å². The maximum atomic E-state index is 6.86. The van der Waals surface area contributed by atoms with Crippen LogP contribution in [0.4, 0.5) is 11.6 Å². The highest BCUT2D eigenvalue weighted by molar-refractivity contribution is 7.80. The van der Waals surface area contributed by atoms with Crippen molar-refractivity contribution in [3.8, 4) is 11.4 Å². The molecular formula is C30H42N6S. The minimum absolute atomic E-state index is 0.228. The second-order valence-electron chi connectivity index (χ2n) is 10.5. The molecule has 4 rings (SSSR count). The Labute approximate surface area is 227 Å². The van der Waals surface area contributed by atoms with E-state index in [-0.39, 0.29) is 6.04 Å². The van der Waals surface area contributed by atoms with E-state index in [1.807, 2.05) is 6.08 Å². The number of nitrogens with two attached hydrogens (primary N) is 1. The second kappa shape index (κ2) is 13.1. The molecule has 1 fully saturated rings. The van der Waals surface area contributed by atoms with Gasteiger partial charge >= 0.3 is 0 Å². The average Bonchev–Trinajstić information content (AvgIpc) is 3.03. The van der Waals surface area contributed by atoms with Gasteiger partial charge < -0.3 is 16.4 Å². The summed E-state index contributed by atoms with van der Waals surface area (Å²) < 4.78 is 0. The van der Waals surface area contributed by atoms with E-state index in [0.29, 0.717) is 29.4 Å². The van der Waals surface area contributed by atoms with Crippen molar-refractivity contribution in [3.05, 3.63) is 66.3 Å². The fraction of sp³-hybridized carbons (Fsp3) is 0.500. The van der Waals surface area contributed by atoms with Crippen molar-refractivity contribution in [1.29, 1.82) is 0 Å². The van der Waals surface area contributed by atoms with Crippen LogP contribution in [-0.2, 0) is 6.42 Å². The number of allylic oxidation sites excluding steroid dienone is 2. The van der Waals surface area contributed by atoms with Crippen LogP contribution in [-0.4, -0.2) is 20.7 Å². The highest BCUT2D eigenvalue weighted by atomic mass is 32.1. The quantitative estimate of drug-likeness (QED) is 0.130. The molecule has 0 bridgehead atoms. The molecule has 0 spiro atoms. The molecule has 2 unspecified atom stereocenters. The molecule has 198 valence electrons. The van der Waals surface area contributed by atoms with Crippen LogP contribution in [0.3, 0.4) is 0 Å². The van der Waals surface area contributed by atoms with E-state index in [2.05, 4.69) is 70.4 Å². The lowest BCUT2D eigenvalue weighted by Crippen LogP contribution is -2.26. The van der Waals surface area contributed by atoms with Crippen LogP contribution in [0.25, 0.3) is 11.4 Å². The summed E-state index contributed by atoms with van der Waals surface area (Å²) in [6, 6.07) is 4.51. The zero-order valence-corrected chi connectivity index (χ0v) is 23.1. The Bertz CT molecular complexity index is 1120.